The molecule has 0 aliphatic carbocycles. The number of hydrogen-bond donors (Lipinski definition) is 3. The molecule has 2 aromatic carbocycles. The van der Waals surface area contributed by atoms with Gasteiger partial charge in [0.15, 0.2) is 5.54 Å². The minimum atomic E-state index is -1.14. The standard InChI is InChI=1S/C21H15F2N5O4/c22-10-3-1-9(2-4-10)15-17(28-19(30)21(7-32-8-21)25-20(28)31)16-14-12(18(29)27-26-16)5-11(23)6-13(14)24-15/h1-6,15,17,24H,7-8H2,(H,25,31)(H,27,29). The molecule has 32 heavy (non-hydrogen) atoms. The normalized spacial score (nSPS) is 23.2. The number of carbonyl (C=O) groups is 2. The molecule has 9 nitrogen and oxygen atoms in total. The van der Waals surface area contributed by atoms with E-state index in [1.165, 1.54) is 30.3 Å². The van der Waals surface area contributed by atoms with Crippen LogP contribution in [0.25, 0.3) is 10.8 Å². The second kappa shape index (κ2) is 6.33. The van der Waals surface area contributed by atoms with Gasteiger partial charge in [-0.1, -0.05) is 12.1 Å². The fraction of sp³-hybridized carbons (Fsp3) is 0.238. The number of carbonyl (C=O) groups excluding carboxylic acids is 2. The highest BCUT2D eigenvalue weighted by atomic mass is 19.1. The third-order valence-corrected chi connectivity index (χ3v) is 6.19. The fourth-order valence-electron chi connectivity index (χ4n) is 4.62. The first kappa shape index (κ1) is 18.9. The van der Waals surface area contributed by atoms with Crippen molar-refractivity contribution in [3.63, 3.8) is 0 Å². The van der Waals surface area contributed by atoms with Crippen LogP contribution in [0.3, 0.4) is 0 Å². The highest BCUT2D eigenvalue weighted by molar-refractivity contribution is 6.09. The molecule has 3 N–H and O–H groups in total. The van der Waals surface area contributed by atoms with Crippen LogP contribution in [-0.4, -0.2) is 45.8 Å². The maximum atomic E-state index is 14.3. The number of ether oxygens (including phenoxy) is 1. The second-order valence-electron chi connectivity index (χ2n) is 8.11. The van der Waals surface area contributed by atoms with Gasteiger partial charge in [0.2, 0.25) is 0 Å². The summed E-state index contributed by atoms with van der Waals surface area (Å²) in [6.07, 6.45) is 0. The van der Waals surface area contributed by atoms with Crippen LogP contribution in [0.1, 0.15) is 23.3 Å². The first-order valence-corrected chi connectivity index (χ1v) is 9.85. The Morgan fingerprint density at radius 2 is 1.81 bits per heavy atom. The first-order valence-electron chi connectivity index (χ1n) is 9.85. The summed E-state index contributed by atoms with van der Waals surface area (Å²) >= 11 is 0. The van der Waals surface area contributed by atoms with E-state index < -0.39 is 46.8 Å². The van der Waals surface area contributed by atoms with Gasteiger partial charge in [0.05, 0.1) is 30.3 Å². The Bertz CT molecular complexity index is 1370. The lowest BCUT2D eigenvalue weighted by Crippen LogP contribution is -2.62. The molecule has 2 unspecified atom stereocenters. The number of amides is 3. The Balaban J connectivity index is 1.60. The summed E-state index contributed by atoms with van der Waals surface area (Å²) in [4.78, 5) is 39.7. The van der Waals surface area contributed by atoms with Crippen molar-refractivity contribution in [1.82, 2.24) is 20.4 Å². The predicted molar refractivity (Wildman–Crippen MR) is 107 cm³/mol. The van der Waals surface area contributed by atoms with Gasteiger partial charge in [-0.15, -0.1) is 0 Å². The van der Waals surface area contributed by atoms with E-state index >= 15 is 0 Å². The number of benzene rings is 2. The number of halogens is 2. The monoisotopic (exact) mass is 439 g/mol. The number of H-pyrrole nitrogens is 1. The topological polar surface area (TPSA) is 116 Å². The molecule has 0 saturated carbocycles. The van der Waals surface area contributed by atoms with Crippen LogP contribution < -0.4 is 16.2 Å². The average molecular weight is 439 g/mol. The molecule has 1 aromatic heterocycles. The molecule has 3 aliphatic heterocycles. The number of aromatic nitrogens is 2. The lowest BCUT2D eigenvalue weighted by Gasteiger charge is -2.39. The van der Waals surface area contributed by atoms with Gasteiger partial charge in [0.25, 0.3) is 11.5 Å². The van der Waals surface area contributed by atoms with E-state index in [0.717, 1.165) is 11.0 Å². The quantitative estimate of drug-likeness (QED) is 0.524. The highest BCUT2D eigenvalue weighted by Gasteiger charge is 2.60. The minimum absolute atomic E-state index is 0.0359. The largest absolute Gasteiger partial charge is 0.375 e. The zero-order valence-corrected chi connectivity index (χ0v) is 16.3. The van der Waals surface area contributed by atoms with Gasteiger partial charge in [0.1, 0.15) is 17.7 Å². The SMILES string of the molecule is O=C1NC2(COC2)C(=O)N1C1c2n[nH]c(=O)c3cc(F)cc(c23)NC1c1ccc(F)cc1. The third kappa shape index (κ3) is 2.45. The molecule has 2 fully saturated rings. The molecular formula is C21H15F2N5O4. The maximum absolute atomic E-state index is 14.3. The average Bonchev–Trinajstić information content (AvgIpc) is 3.01. The van der Waals surface area contributed by atoms with Crippen LogP contribution in [0.2, 0.25) is 0 Å². The molecule has 0 bridgehead atoms. The first-order chi connectivity index (χ1) is 15.4. The zero-order valence-electron chi connectivity index (χ0n) is 16.3. The molecule has 162 valence electrons. The van der Waals surface area contributed by atoms with Crippen LogP contribution in [0, 0.1) is 11.6 Å². The third-order valence-electron chi connectivity index (χ3n) is 6.19. The van der Waals surface area contributed by atoms with Crippen molar-refractivity contribution in [3.8, 4) is 0 Å². The molecule has 11 heteroatoms. The van der Waals surface area contributed by atoms with E-state index in [9.17, 15) is 23.2 Å². The second-order valence-corrected chi connectivity index (χ2v) is 8.11. The fourth-order valence-corrected chi connectivity index (χ4v) is 4.62. The van der Waals surface area contributed by atoms with E-state index in [2.05, 4.69) is 20.8 Å². The Kier molecular flexibility index (Phi) is 3.73. The maximum Gasteiger partial charge on any atom is 0.325 e. The van der Waals surface area contributed by atoms with Crippen molar-refractivity contribution < 1.29 is 23.1 Å². The molecule has 3 aromatic rings. The van der Waals surface area contributed by atoms with Gasteiger partial charge < -0.3 is 15.4 Å². The van der Waals surface area contributed by atoms with Gasteiger partial charge in [-0.2, -0.15) is 5.10 Å². The summed E-state index contributed by atoms with van der Waals surface area (Å²) < 4.78 is 33.0. The summed E-state index contributed by atoms with van der Waals surface area (Å²) in [5, 5.41) is 12.7. The van der Waals surface area contributed by atoms with Crippen molar-refractivity contribution in [3.05, 3.63) is 69.6 Å². The number of nitrogens with one attached hydrogen (secondary N) is 3. The van der Waals surface area contributed by atoms with Gasteiger partial charge in [-0.05, 0) is 29.8 Å². The summed E-state index contributed by atoms with van der Waals surface area (Å²) in [5.74, 6) is -1.59. The zero-order chi connectivity index (χ0) is 22.2. The molecule has 6 rings (SSSR count). The number of rotatable bonds is 2. The highest BCUT2D eigenvalue weighted by Crippen LogP contribution is 2.47. The van der Waals surface area contributed by atoms with Gasteiger partial charge in [-0.25, -0.2) is 18.7 Å². The van der Waals surface area contributed by atoms with Crippen LogP contribution in [0.5, 0.6) is 0 Å². The van der Waals surface area contributed by atoms with Crippen LogP contribution in [-0.2, 0) is 9.53 Å². The van der Waals surface area contributed by atoms with Gasteiger partial charge in [-0.3, -0.25) is 14.5 Å². The van der Waals surface area contributed by atoms with Crippen molar-refractivity contribution in [2.75, 3.05) is 18.5 Å². The molecule has 3 aliphatic rings. The summed E-state index contributed by atoms with van der Waals surface area (Å²) in [6, 6.07) is 5.39. The summed E-state index contributed by atoms with van der Waals surface area (Å²) in [5.41, 5.74) is -0.698. The lowest BCUT2D eigenvalue weighted by molar-refractivity contribution is -0.149. The van der Waals surface area contributed by atoms with Crippen molar-refractivity contribution >= 4 is 28.4 Å². The molecular weight excluding hydrogens is 424 g/mol. The van der Waals surface area contributed by atoms with E-state index in [-0.39, 0.29) is 30.0 Å². The van der Waals surface area contributed by atoms with Crippen LogP contribution >= 0.6 is 0 Å². The molecule has 3 amide bonds. The minimum Gasteiger partial charge on any atom is -0.375 e. The summed E-state index contributed by atoms with van der Waals surface area (Å²) in [6.45, 7) is 0.0946. The molecule has 4 heterocycles. The number of anilines is 1. The van der Waals surface area contributed by atoms with Crippen molar-refractivity contribution in [2.45, 2.75) is 17.6 Å². The molecule has 2 saturated heterocycles. The van der Waals surface area contributed by atoms with E-state index in [0.29, 0.717) is 10.9 Å². The van der Waals surface area contributed by atoms with Crippen molar-refractivity contribution in [1.29, 1.82) is 0 Å². The van der Waals surface area contributed by atoms with Gasteiger partial charge in [0, 0.05) is 11.1 Å². The number of urea groups is 1. The van der Waals surface area contributed by atoms with Gasteiger partial charge >= 0.3 is 6.03 Å². The Labute approximate surface area is 178 Å². The molecule has 0 radical (unpaired) electrons. The lowest BCUT2D eigenvalue weighted by atomic mass is 9.87. The van der Waals surface area contributed by atoms with Crippen LogP contribution in [0.15, 0.2) is 41.2 Å². The molecule has 1 spiro atoms. The number of aromatic amines is 1. The van der Waals surface area contributed by atoms with E-state index in [1.807, 2.05) is 0 Å². The molecule has 2 atom stereocenters. The summed E-state index contributed by atoms with van der Waals surface area (Å²) in [7, 11) is 0. The number of hydrogen-bond acceptors (Lipinski definition) is 6. The van der Waals surface area contributed by atoms with E-state index in [1.54, 1.807) is 0 Å². The van der Waals surface area contributed by atoms with Crippen LogP contribution in [0.4, 0.5) is 19.3 Å². The predicted octanol–water partition coefficient (Wildman–Crippen LogP) is 1.73. The van der Waals surface area contributed by atoms with E-state index in [4.69, 9.17) is 4.74 Å². The smallest absolute Gasteiger partial charge is 0.325 e. The Hall–Kier alpha value is -3.86. The number of imide groups is 1. The Morgan fingerprint density at radius 3 is 2.47 bits per heavy atom. The number of nitrogens with zero attached hydrogens (tertiary/aromatic N) is 2. The van der Waals surface area contributed by atoms with Crippen molar-refractivity contribution in [2.24, 2.45) is 0 Å². The Morgan fingerprint density at radius 1 is 1.06 bits per heavy atom.